The van der Waals surface area contributed by atoms with Gasteiger partial charge in [-0.2, -0.15) is 0 Å². The zero-order chi connectivity index (χ0) is 9.97. The summed E-state index contributed by atoms with van der Waals surface area (Å²) in [7, 11) is 0. The minimum absolute atomic E-state index is 0.0880. The van der Waals surface area contributed by atoms with Crippen LogP contribution >= 0.6 is 0 Å². The van der Waals surface area contributed by atoms with Gasteiger partial charge >= 0.3 is 0 Å². The molecule has 1 aromatic rings. The van der Waals surface area contributed by atoms with E-state index in [0.717, 1.165) is 5.56 Å². The Balaban J connectivity index is 2.32. The third kappa shape index (κ3) is 1.62. The SMILES string of the molecule is CC1NC(=O)C(c2ccccc2)=CO1. The molecule has 0 bridgehead atoms. The number of nitrogens with one attached hydrogen (secondary N) is 1. The zero-order valence-electron chi connectivity index (χ0n) is 7.86. The molecule has 1 aliphatic heterocycles. The molecule has 0 saturated heterocycles. The molecule has 2 rings (SSSR count). The third-order valence-corrected chi connectivity index (χ3v) is 2.05. The van der Waals surface area contributed by atoms with E-state index in [1.54, 1.807) is 6.92 Å². The summed E-state index contributed by atoms with van der Waals surface area (Å²) in [5, 5.41) is 2.70. The quantitative estimate of drug-likeness (QED) is 0.727. The van der Waals surface area contributed by atoms with E-state index >= 15 is 0 Å². The van der Waals surface area contributed by atoms with E-state index in [4.69, 9.17) is 4.74 Å². The molecular formula is C11H11NO2. The van der Waals surface area contributed by atoms with Crippen LogP contribution in [0.3, 0.4) is 0 Å². The summed E-state index contributed by atoms with van der Waals surface area (Å²) in [6.07, 6.45) is 1.27. The van der Waals surface area contributed by atoms with E-state index in [1.165, 1.54) is 6.26 Å². The van der Waals surface area contributed by atoms with E-state index in [1.807, 2.05) is 30.3 Å². The van der Waals surface area contributed by atoms with Crippen molar-refractivity contribution in [1.29, 1.82) is 0 Å². The summed E-state index contributed by atoms with van der Waals surface area (Å²) in [6.45, 7) is 1.79. The average Bonchev–Trinajstić information content (AvgIpc) is 2.19. The molecule has 1 amide bonds. The van der Waals surface area contributed by atoms with Gasteiger partial charge in [0.15, 0.2) is 6.23 Å². The Morgan fingerprint density at radius 3 is 2.64 bits per heavy atom. The van der Waals surface area contributed by atoms with Gasteiger partial charge in [-0.1, -0.05) is 30.3 Å². The largest absolute Gasteiger partial charge is 0.478 e. The van der Waals surface area contributed by atoms with Crippen LogP contribution in [0.4, 0.5) is 0 Å². The highest BCUT2D eigenvalue weighted by molar-refractivity contribution is 6.19. The number of hydrogen-bond donors (Lipinski definition) is 1. The van der Waals surface area contributed by atoms with E-state index < -0.39 is 0 Å². The van der Waals surface area contributed by atoms with Gasteiger partial charge < -0.3 is 10.1 Å². The lowest BCUT2D eigenvalue weighted by atomic mass is 10.1. The molecule has 3 nitrogen and oxygen atoms in total. The standard InChI is InChI=1S/C11H11NO2/c1-8-12-11(13)10(7-14-8)9-5-3-2-4-6-9/h2-8H,1H3,(H,12,13). The normalized spacial score (nSPS) is 20.8. The molecule has 1 N–H and O–H groups in total. The van der Waals surface area contributed by atoms with E-state index in [-0.39, 0.29) is 12.1 Å². The van der Waals surface area contributed by atoms with Gasteiger partial charge in [0.1, 0.15) is 0 Å². The molecule has 72 valence electrons. The van der Waals surface area contributed by atoms with Crippen molar-refractivity contribution in [2.45, 2.75) is 13.2 Å². The van der Waals surface area contributed by atoms with Gasteiger partial charge in [-0.3, -0.25) is 4.79 Å². The van der Waals surface area contributed by atoms with Crippen molar-refractivity contribution < 1.29 is 9.53 Å². The number of benzene rings is 1. The highest BCUT2D eigenvalue weighted by atomic mass is 16.5. The van der Waals surface area contributed by atoms with Gasteiger partial charge in [0, 0.05) is 0 Å². The maximum Gasteiger partial charge on any atom is 0.257 e. The van der Waals surface area contributed by atoms with Crippen LogP contribution in [-0.2, 0) is 9.53 Å². The van der Waals surface area contributed by atoms with Crippen molar-refractivity contribution in [3.05, 3.63) is 42.2 Å². The fourth-order valence-electron chi connectivity index (χ4n) is 1.34. The first-order valence-corrected chi connectivity index (χ1v) is 4.49. The first-order chi connectivity index (χ1) is 6.77. The Hall–Kier alpha value is -1.77. The Morgan fingerprint density at radius 2 is 2.00 bits per heavy atom. The maximum atomic E-state index is 11.5. The maximum absolute atomic E-state index is 11.5. The van der Waals surface area contributed by atoms with Crippen LogP contribution < -0.4 is 5.32 Å². The van der Waals surface area contributed by atoms with Crippen LogP contribution in [-0.4, -0.2) is 12.1 Å². The van der Waals surface area contributed by atoms with Crippen LogP contribution in [0.2, 0.25) is 0 Å². The smallest absolute Gasteiger partial charge is 0.257 e. The molecule has 0 fully saturated rings. The van der Waals surface area contributed by atoms with Crippen molar-refractivity contribution in [1.82, 2.24) is 5.32 Å². The molecule has 1 aliphatic rings. The Bertz CT molecular complexity index is 370. The number of amides is 1. The van der Waals surface area contributed by atoms with Gasteiger partial charge in [0.2, 0.25) is 0 Å². The molecule has 0 radical (unpaired) electrons. The number of ether oxygens (including phenoxy) is 1. The fraction of sp³-hybridized carbons (Fsp3) is 0.182. The summed E-state index contributed by atoms with van der Waals surface area (Å²) < 4.78 is 5.22. The molecule has 1 atom stereocenters. The second kappa shape index (κ2) is 3.54. The Morgan fingerprint density at radius 1 is 1.29 bits per heavy atom. The number of carbonyl (C=O) groups excluding carboxylic acids is 1. The fourth-order valence-corrected chi connectivity index (χ4v) is 1.34. The zero-order valence-corrected chi connectivity index (χ0v) is 7.86. The van der Waals surface area contributed by atoms with Crippen molar-refractivity contribution in [2.75, 3.05) is 0 Å². The molecule has 3 heteroatoms. The minimum atomic E-state index is -0.241. The van der Waals surface area contributed by atoms with Crippen molar-refractivity contribution >= 4 is 11.5 Å². The van der Waals surface area contributed by atoms with Gasteiger partial charge in [0.05, 0.1) is 11.8 Å². The lowest BCUT2D eigenvalue weighted by Crippen LogP contribution is -2.37. The molecule has 0 aromatic heterocycles. The topological polar surface area (TPSA) is 38.3 Å². The highest BCUT2D eigenvalue weighted by Crippen LogP contribution is 2.17. The summed E-state index contributed by atoms with van der Waals surface area (Å²) >= 11 is 0. The lowest BCUT2D eigenvalue weighted by molar-refractivity contribution is -0.119. The second-order valence-electron chi connectivity index (χ2n) is 3.15. The average molecular weight is 189 g/mol. The minimum Gasteiger partial charge on any atom is -0.478 e. The predicted octanol–water partition coefficient (Wildman–Crippen LogP) is 1.52. The van der Waals surface area contributed by atoms with Crippen LogP contribution in [0.25, 0.3) is 5.57 Å². The summed E-state index contributed by atoms with van der Waals surface area (Å²) in [4.78, 5) is 11.5. The molecule has 0 aliphatic carbocycles. The van der Waals surface area contributed by atoms with Crippen molar-refractivity contribution in [3.63, 3.8) is 0 Å². The molecule has 1 heterocycles. The van der Waals surface area contributed by atoms with Crippen LogP contribution in [0, 0.1) is 0 Å². The lowest BCUT2D eigenvalue weighted by Gasteiger charge is -2.20. The van der Waals surface area contributed by atoms with Crippen molar-refractivity contribution in [2.24, 2.45) is 0 Å². The van der Waals surface area contributed by atoms with Gasteiger partial charge in [-0.05, 0) is 12.5 Å². The Kier molecular flexibility index (Phi) is 2.23. The van der Waals surface area contributed by atoms with Crippen LogP contribution in [0.15, 0.2) is 36.6 Å². The van der Waals surface area contributed by atoms with E-state index in [0.29, 0.717) is 5.57 Å². The molecule has 0 spiro atoms. The van der Waals surface area contributed by atoms with Gasteiger partial charge in [-0.15, -0.1) is 0 Å². The molecule has 0 saturated carbocycles. The molecule has 1 unspecified atom stereocenters. The predicted molar refractivity (Wildman–Crippen MR) is 53.1 cm³/mol. The first kappa shape index (κ1) is 8.81. The molecule has 14 heavy (non-hydrogen) atoms. The molecular weight excluding hydrogens is 178 g/mol. The number of carbonyl (C=O) groups is 1. The molecule has 1 aromatic carbocycles. The van der Waals surface area contributed by atoms with Crippen LogP contribution in [0.1, 0.15) is 12.5 Å². The monoisotopic (exact) mass is 189 g/mol. The summed E-state index contributed by atoms with van der Waals surface area (Å²) in [5.74, 6) is -0.0880. The van der Waals surface area contributed by atoms with E-state index in [2.05, 4.69) is 5.32 Å². The number of hydrogen-bond acceptors (Lipinski definition) is 2. The summed E-state index contributed by atoms with van der Waals surface area (Å²) in [6, 6.07) is 9.45. The Labute approximate surface area is 82.4 Å². The first-order valence-electron chi connectivity index (χ1n) is 4.49. The van der Waals surface area contributed by atoms with Gasteiger partial charge in [0.25, 0.3) is 5.91 Å². The number of rotatable bonds is 1. The second-order valence-corrected chi connectivity index (χ2v) is 3.15. The highest BCUT2D eigenvalue weighted by Gasteiger charge is 2.19. The van der Waals surface area contributed by atoms with Gasteiger partial charge in [-0.25, -0.2) is 0 Å². The van der Waals surface area contributed by atoms with Crippen LogP contribution in [0.5, 0.6) is 0 Å². The summed E-state index contributed by atoms with van der Waals surface area (Å²) in [5.41, 5.74) is 1.45. The van der Waals surface area contributed by atoms with E-state index in [9.17, 15) is 4.79 Å². The third-order valence-electron chi connectivity index (χ3n) is 2.05. The van der Waals surface area contributed by atoms with Crippen molar-refractivity contribution in [3.8, 4) is 0 Å².